The zero-order valence-corrected chi connectivity index (χ0v) is 27.7. The van der Waals surface area contributed by atoms with E-state index >= 15 is 0 Å². The molecule has 3 aromatic rings. The van der Waals surface area contributed by atoms with Crippen molar-refractivity contribution in [2.75, 3.05) is 44.3 Å². The van der Waals surface area contributed by atoms with Crippen LogP contribution in [0.1, 0.15) is 81.6 Å². The normalized spacial score (nSPS) is 15.6. The van der Waals surface area contributed by atoms with Gasteiger partial charge in [0.25, 0.3) is 5.91 Å². The van der Waals surface area contributed by atoms with E-state index in [-0.39, 0.29) is 23.8 Å². The number of likely N-dealkylation sites (tertiary alicyclic amines) is 1. The zero-order chi connectivity index (χ0) is 32.3. The molecule has 2 aromatic carbocycles. The van der Waals surface area contributed by atoms with Gasteiger partial charge in [0.15, 0.2) is 5.69 Å². The average Bonchev–Trinajstić information content (AvgIpc) is 3.05. The predicted octanol–water partition coefficient (Wildman–Crippen LogP) is 6.31. The minimum absolute atomic E-state index is 0.00688. The highest BCUT2D eigenvalue weighted by Crippen LogP contribution is 2.38. The molecule has 0 unspecified atom stereocenters. The van der Waals surface area contributed by atoms with Gasteiger partial charge in [-0.1, -0.05) is 55.8 Å². The van der Waals surface area contributed by atoms with Gasteiger partial charge in [-0.2, -0.15) is 9.97 Å². The largest absolute Gasteiger partial charge is 0.476 e. The van der Waals surface area contributed by atoms with Crippen LogP contribution in [0.15, 0.2) is 54.9 Å². The third-order valence-corrected chi connectivity index (χ3v) is 9.18. The maximum Gasteiger partial charge on any atom is 0.252 e. The molecule has 46 heavy (non-hydrogen) atoms. The summed E-state index contributed by atoms with van der Waals surface area (Å²) in [5.41, 5.74) is 4.59. The number of hydrogen-bond acceptors (Lipinski definition) is 7. The smallest absolute Gasteiger partial charge is 0.252 e. The summed E-state index contributed by atoms with van der Waals surface area (Å²) in [5.74, 6) is 0.933. The number of hydrogen-bond donors (Lipinski definition) is 1. The van der Waals surface area contributed by atoms with E-state index in [9.17, 15) is 9.59 Å². The van der Waals surface area contributed by atoms with Gasteiger partial charge in [-0.05, 0) is 88.1 Å². The highest BCUT2D eigenvalue weighted by Gasteiger charge is 2.34. The van der Waals surface area contributed by atoms with Gasteiger partial charge < -0.3 is 24.6 Å². The Labute approximate surface area is 273 Å². The van der Waals surface area contributed by atoms with Gasteiger partial charge in [0.1, 0.15) is 6.33 Å². The third kappa shape index (κ3) is 8.23. The zero-order valence-electron chi connectivity index (χ0n) is 27.7. The molecule has 9 nitrogen and oxygen atoms in total. The standard InChI is InChI=1S/C37H49N5O4/c1-4-27-16-18-28(19-17-27)31-14-7-8-15-32(31)34(43)40-30-20-24-41(25-21-30)22-9-10-23-42(37(44)29-12-11-13-29)33-35(45-5-2)38-26-39-36(33)46-6-3/h7-8,14-19,26,29-30H,4-6,9-13,20-25H2,1-3H3,(H,40,43). The number of carbonyl (C=O) groups excluding carboxylic acids is 2. The topological polar surface area (TPSA) is 96.9 Å². The van der Waals surface area contributed by atoms with Crippen molar-refractivity contribution < 1.29 is 19.1 Å². The van der Waals surface area contributed by atoms with Gasteiger partial charge in [-0.15, -0.1) is 0 Å². The number of piperidine rings is 1. The van der Waals surface area contributed by atoms with E-state index in [0.717, 1.165) is 87.7 Å². The summed E-state index contributed by atoms with van der Waals surface area (Å²) in [6.07, 6.45) is 8.98. The Morgan fingerprint density at radius 1 is 0.891 bits per heavy atom. The molecular formula is C37H49N5O4. The molecule has 1 aliphatic carbocycles. The molecule has 2 amide bonds. The van der Waals surface area contributed by atoms with Gasteiger partial charge in [0, 0.05) is 37.2 Å². The first-order valence-electron chi connectivity index (χ1n) is 17.2. The van der Waals surface area contributed by atoms with E-state index in [4.69, 9.17) is 9.47 Å². The number of aryl methyl sites for hydroxylation is 1. The molecule has 0 atom stereocenters. The van der Waals surface area contributed by atoms with E-state index < -0.39 is 0 Å². The Bertz CT molecular complexity index is 1410. The van der Waals surface area contributed by atoms with Crippen LogP contribution in [0.2, 0.25) is 0 Å². The number of unbranched alkanes of at least 4 members (excludes halogenated alkanes) is 1. The van der Waals surface area contributed by atoms with Crippen molar-refractivity contribution in [2.45, 2.75) is 78.2 Å². The Balaban J connectivity index is 1.13. The number of nitrogens with one attached hydrogen (secondary N) is 1. The lowest BCUT2D eigenvalue weighted by atomic mass is 9.84. The maximum absolute atomic E-state index is 13.6. The summed E-state index contributed by atoms with van der Waals surface area (Å²) in [4.78, 5) is 40.0. The highest BCUT2D eigenvalue weighted by atomic mass is 16.5. The van der Waals surface area contributed by atoms with Crippen molar-refractivity contribution in [1.82, 2.24) is 20.2 Å². The first-order chi connectivity index (χ1) is 22.5. The van der Waals surface area contributed by atoms with Crippen LogP contribution in [0.25, 0.3) is 11.1 Å². The third-order valence-electron chi connectivity index (χ3n) is 9.18. The second-order valence-corrected chi connectivity index (χ2v) is 12.2. The molecule has 1 saturated heterocycles. The van der Waals surface area contributed by atoms with E-state index in [1.54, 1.807) is 0 Å². The van der Waals surface area contributed by atoms with E-state index in [1.165, 1.54) is 11.9 Å². The quantitative estimate of drug-likeness (QED) is 0.197. The fraction of sp³-hybridized carbons (Fsp3) is 0.514. The summed E-state index contributed by atoms with van der Waals surface area (Å²) in [6, 6.07) is 16.5. The van der Waals surface area contributed by atoms with Crippen molar-refractivity contribution in [3.63, 3.8) is 0 Å². The molecule has 9 heteroatoms. The molecule has 1 aliphatic heterocycles. The van der Waals surface area contributed by atoms with Crippen molar-refractivity contribution in [1.29, 1.82) is 0 Å². The minimum atomic E-state index is -0.00688. The number of aromatic nitrogens is 2. The van der Waals surface area contributed by atoms with Crippen molar-refractivity contribution in [3.8, 4) is 22.9 Å². The SMILES string of the molecule is CCOc1ncnc(OCC)c1N(CCCCN1CCC(NC(=O)c2ccccc2-c2ccc(CC)cc2)CC1)C(=O)C1CCC1. The molecular weight excluding hydrogens is 578 g/mol. The van der Waals surface area contributed by atoms with Crippen molar-refractivity contribution >= 4 is 17.5 Å². The molecule has 5 rings (SSSR count). The second-order valence-electron chi connectivity index (χ2n) is 12.2. The van der Waals surface area contributed by atoms with Gasteiger partial charge in [0.05, 0.1) is 13.2 Å². The number of benzene rings is 2. The fourth-order valence-electron chi connectivity index (χ4n) is 6.29. The average molecular weight is 628 g/mol. The Hall–Kier alpha value is -3.98. The molecule has 246 valence electrons. The number of anilines is 1. The van der Waals surface area contributed by atoms with Gasteiger partial charge in [-0.25, -0.2) is 0 Å². The van der Waals surface area contributed by atoms with Crippen LogP contribution >= 0.6 is 0 Å². The Morgan fingerprint density at radius 2 is 1.57 bits per heavy atom. The Kier molecular flexibility index (Phi) is 12.0. The summed E-state index contributed by atoms with van der Waals surface area (Å²) >= 11 is 0. The lowest BCUT2D eigenvalue weighted by Gasteiger charge is -2.34. The maximum atomic E-state index is 13.6. The Morgan fingerprint density at radius 3 is 2.17 bits per heavy atom. The van der Waals surface area contributed by atoms with Gasteiger partial charge >= 0.3 is 0 Å². The summed E-state index contributed by atoms with van der Waals surface area (Å²) in [6.45, 7) is 10.2. The lowest BCUT2D eigenvalue weighted by Crippen LogP contribution is -2.45. The molecule has 0 spiro atoms. The summed E-state index contributed by atoms with van der Waals surface area (Å²) in [5, 5.41) is 3.31. The predicted molar refractivity (Wildman–Crippen MR) is 181 cm³/mol. The van der Waals surface area contributed by atoms with Crippen LogP contribution in [-0.4, -0.2) is 72.1 Å². The van der Waals surface area contributed by atoms with Gasteiger partial charge in [-0.3, -0.25) is 9.59 Å². The van der Waals surface area contributed by atoms with Crippen molar-refractivity contribution in [3.05, 3.63) is 66.0 Å². The monoisotopic (exact) mass is 627 g/mol. The van der Waals surface area contributed by atoms with E-state index in [0.29, 0.717) is 37.2 Å². The number of amides is 2. The first kappa shape index (κ1) is 33.4. The molecule has 2 aliphatic rings. The van der Waals surface area contributed by atoms with Crippen LogP contribution in [0.3, 0.4) is 0 Å². The fourth-order valence-corrected chi connectivity index (χ4v) is 6.29. The van der Waals surface area contributed by atoms with Crippen LogP contribution in [0, 0.1) is 5.92 Å². The summed E-state index contributed by atoms with van der Waals surface area (Å²) in [7, 11) is 0. The molecule has 1 N–H and O–H groups in total. The molecule has 2 heterocycles. The van der Waals surface area contributed by atoms with Crippen LogP contribution in [0.4, 0.5) is 5.69 Å². The molecule has 2 fully saturated rings. The number of nitrogens with zero attached hydrogens (tertiary/aromatic N) is 4. The van der Waals surface area contributed by atoms with Crippen LogP contribution in [-0.2, 0) is 11.2 Å². The molecule has 0 radical (unpaired) electrons. The van der Waals surface area contributed by atoms with Crippen LogP contribution < -0.4 is 19.7 Å². The minimum Gasteiger partial charge on any atom is -0.476 e. The summed E-state index contributed by atoms with van der Waals surface area (Å²) < 4.78 is 11.7. The van der Waals surface area contributed by atoms with Crippen molar-refractivity contribution in [2.24, 2.45) is 5.92 Å². The van der Waals surface area contributed by atoms with Gasteiger partial charge in [0.2, 0.25) is 17.7 Å². The van der Waals surface area contributed by atoms with E-state index in [1.807, 2.05) is 43.0 Å². The molecule has 0 bridgehead atoms. The number of ether oxygens (including phenoxy) is 2. The number of carbonyl (C=O) groups is 2. The molecule has 1 aromatic heterocycles. The lowest BCUT2D eigenvalue weighted by molar-refractivity contribution is -0.124. The molecule has 1 saturated carbocycles. The number of rotatable bonds is 15. The first-order valence-corrected chi connectivity index (χ1v) is 17.2. The van der Waals surface area contributed by atoms with E-state index in [2.05, 4.69) is 51.4 Å². The highest BCUT2D eigenvalue weighted by molar-refractivity contribution is 6.01. The van der Waals surface area contributed by atoms with Crippen LogP contribution in [0.5, 0.6) is 11.8 Å². The second kappa shape index (κ2) is 16.5.